The zero-order valence-corrected chi connectivity index (χ0v) is 52.1. The van der Waals surface area contributed by atoms with Crippen LogP contribution in [0.15, 0.2) is 99.2 Å². The smallest absolute Gasteiger partial charge is 0.326 e. The van der Waals surface area contributed by atoms with Gasteiger partial charge in [-0.15, -0.1) is 0 Å². The van der Waals surface area contributed by atoms with Gasteiger partial charge in [0.15, 0.2) is 0 Å². The highest BCUT2D eigenvalue weighted by Gasteiger charge is 2.34. The molecule has 0 spiro atoms. The molecule has 32 heteroatoms. The van der Waals surface area contributed by atoms with Gasteiger partial charge in [-0.2, -0.15) is 0 Å². The number of aliphatic carboxylic acids is 1. The lowest BCUT2D eigenvalue weighted by molar-refractivity contribution is -0.142. The molecule has 0 aromatic carbocycles. The number of nitrogens with two attached hydrogens (primary N) is 8. The maximum absolute atomic E-state index is 14.7. The Balaban J connectivity index is 7.39. The summed E-state index contributed by atoms with van der Waals surface area (Å²) in [6, 6.07) is -9.29. The van der Waals surface area contributed by atoms with E-state index in [1.54, 1.807) is 6.92 Å². The molecule has 504 valence electrons. The largest absolute Gasteiger partial charge is 0.480 e. The fourth-order valence-corrected chi connectivity index (χ4v) is 8.49. The molecule has 0 heterocycles. The van der Waals surface area contributed by atoms with E-state index in [1.165, 1.54) is 0 Å². The molecule has 32 N–H and O–H groups in total. The van der Waals surface area contributed by atoms with Crippen molar-refractivity contribution in [2.24, 2.45) is 51.8 Å². The summed E-state index contributed by atoms with van der Waals surface area (Å²) in [6.45, 7) is 32.8. The maximum atomic E-state index is 14.7. The van der Waals surface area contributed by atoms with Gasteiger partial charge in [0.25, 0.3) is 0 Å². The third-order valence-electron chi connectivity index (χ3n) is 13.2. The summed E-state index contributed by atoms with van der Waals surface area (Å²) in [5.41, 5.74) is 45.6. The van der Waals surface area contributed by atoms with Crippen molar-refractivity contribution in [2.45, 2.75) is 152 Å². The predicted octanol–water partition coefficient (Wildman–Crippen LogP) is -4.50. The van der Waals surface area contributed by atoms with Crippen molar-refractivity contribution in [3.63, 3.8) is 0 Å². The SMILES string of the molecule is C=C(N)NCCC[C@H](NC(=O)[C@H](CCCNC(=C)N)NC(=O)[C@H](CCCNC(=C)N)NC(=O)[C@H](CCCNC(=C)N)NC(=O)[C@H](CCCNC(=C)N)NC(=O)[C@H](CCCNC(=C)N)NC(=O)[C@H](CCCNC(=C)N)NC(=O)[C@@H](C)CCCNC(=C)N)C(=O)O. The van der Waals surface area contributed by atoms with E-state index in [-0.39, 0.29) is 169 Å². The third kappa shape index (κ3) is 40.5. The van der Waals surface area contributed by atoms with Crippen LogP contribution in [0.3, 0.4) is 0 Å². The van der Waals surface area contributed by atoms with Crippen LogP contribution in [0.1, 0.15) is 110 Å². The number of carboxylic acids is 1. The Bertz CT molecular complexity index is 2370. The lowest BCUT2D eigenvalue weighted by Crippen LogP contribution is -2.60. The second-order valence-electron chi connectivity index (χ2n) is 21.4. The number of carbonyl (C=O) groups is 8. The Labute approximate surface area is 524 Å². The second-order valence-corrected chi connectivity index (χ2v) is 21.4. The van der Waals surface area contributed by atoms with E-state index in [4.69, 9.17) is 45.9 Å². The Hall–Kier alpha value is -9.52. The molecule has 0 fully saturated rings. The van der Waals surface area contributed by atoms with Crippen LogP contribution in [0, 0.1) is 5.92 Å². The Kier molecular flexibility index (Phi) is 40.9. The van der Waals surface area contributed by atoms with E-state index in [2.05, 4.69) is 132 Å². The number of rotatable bonds is 55. The van der Waals surface area contributed by atoms with Crippen LogP contribution in [0.5, 0.6) is 0 Å². The summed E-state index contributed by atoms with van der Waals surface area (Å²) in [5.74, 6) is -5.71. The van der Waals surface area contributed by atoms with Crippen LogP contribution in [0.4, 0.5) is 0 Å². The first-order valence-corrected chi connectivity index (χ1v) is 29.7. The molecule has 89 heavy (non-hydrogen) atoms. The van der Waals surface area contributed by atoms with E-state index in [0.717, 1.165) is 0 Å². The minimum absolute atomic E-state index is 0.00137. The highest BCUT2D eigenvalue weighted by Crippen LogP contribution is 2.12. The minimum Gasteiger partial charge on any atom is -0.480 e. The predicted molar refractivity (Wildman–Crippen MR) is 345 cm³/mol. The normalized spacial score (nSPS) is 13.3. The van der Waals surface area contributed by atoms with Gasteiger partial charge in [-0.3, -0.25) is 33.6 Å². The van der Waals surface area contributed by atoms with Crippen LogP contribution >= 0.6 is 0 Å². The van der Waals surface area contributed by atoms with Crippen LogP contribution in [-0.4, -0.2) is 147 Å². The summed E-state index contributed by atoms with van der Waals surface area (Å²) in [7, 11) is 0. The van der Waals surface area contributed by atoms with Gasteiger partial charge in [0.2, 0.25) is 41.4 Å². The van der Waals surface area contributed by atoms with Crippen molar-refractivity contribution in [1.29, 1.82) is 0 Å². The Morgan fingerprint density at radius 3 is 0.584 bits per heavy atom. The van der Waals surface area contributed by atoms with Gasteiger partial charge in [0.1, 0.15) is 42.3 Å². The van der Waals surface area contributed by atoms with Gasteiger partial charge in [-0.05, 0) is 103 Å². The molecule has 32 nitrogen and oxygen atoms in total. The Morgan fingerprint density at radius 2 is 0.416 bits per heavy atom. The van der Waals surface area contributed by atoms with Crippen LogP contribution in [-0.2, 0) is 38.4 Å². The average Bonchev–Trinajstić information content (AvgIpc) is 2.10. The van der Waals surface area contributed by atoms with Crippen molar-refractivity contribution in [3.8, 4) is 0 Å². The first kappa shape index (κ1) is 79.5. The number of amides is 7. The van der Waals surface area contributed by atoms with Crippen molar-refractivity contribution < 1.29 is 43.5 Å². The van der Waals surface area contributed by atoms with Crippen LogP contribution in [0.25, 0.3) is 0 Å². The standard InChI is InChI=1S/C57H107N23O9/c1-34(18-10-26-66-35(2)58)50(81)74-43(19-11-27-67-36(3)59)51(82)75-44(20-12-28-68-37(4)60)52(83)76-45(21-13-29-69-38(5)61)53(84)77-46(22-14-30-70-39(6)62)54(85)78-47(23-15-31-71-40(7)63)55(86)79-48(24-16-32-72-41(8)64)56(87)80-49(57(88)89)25-17-33-73-42(9)65/h34,43-49,66-73H,2-33,58-65H2,1H3,(H,74,81)(H,75,82)(H,76,83)(H,77,84)(H,78,85)(H,79,86)(H,80,87)(H,88,89)/t34-,43-,44-,45-,46-,47-,48-,49-/m0/s1. The number of hydrogen-bond acceptors (Lipinski definition) is 24. The molecule has 0 aliphatic carbocycles. The van der Waals surface area contributed by atoms with E-state index < -0.39 is 95.5 Å². The van der Waals surface area contributed by atoms with E-state index in [0.29, 0.717) is 32.4 Å². The molecule has 0 rings (SSSR count). The van der Waals surface area contributed by atoms with Gasteiger partial charge in [0.05, 0.1) is 46.6 Å². The molecule has 0 radical (unpaired) electrons. The van der Waals surface area contributed by atoms with Gasteiger partial charge in [-0.25, -0.2) is 4.79 Å². The van der Waals surface area contributed by atoms with Gasteiger partial charge in [-0.1, -0.05) is 59.6 Å². The fourth-order valence-electron chi connectivity index (χ4n) is 8.49. The molecular formula is C57H107N23O9. The van der Waals surface area contributed by atoms with E-state index in [9.17, 15) is 43.5 Å². The summed E-state index contributed by atoms with van der Waals surface area (Å²) in [4.78, 5) is 113. The molecule has 0 unspecified atom stereocenters. The lowest BCUT2D eigenvalue weighted by atomic mass is 10.0. The van der Waals surface area contributed by atoms with Gasteiger partial charge in [0, 0.05) is 58.3 Å². The third-order valence-corrected chi connectivity index (χ3v) is 13.2. The molecule has 0 aliphatic rings. The molecule has 7 amide bonds. The molecule has 0 bridgehead atoms. The van der Waals surface area contributed by atoms with E-state index in [1.807, 2.05) is 0 Å². The summed E-state index contributed by atoms with van der Waals surface area (Å²) in [6.07, 6.45) is 2.68. The summed E-state index contributed by atoms with van der Waals surface area (Å²) in [5, 5.41) is 52.0. The quantitative estimate of drug-likeness (QED) is 0.0255. The first-order valence-electron chi connectivity index (χ1n) is 29.7. The van der Waals surface area contributed by atoms with Gasteiger partial charge < -0.3 is 131 Å². The number of carbonyl (C=O) groups excluding carboxylic acids is 7. The zero-order chi connectivity index (χ0) is 67.4. The van der Waals surface area contributed by atoms with Crippen LogP contribution < -0.4 is 126 Å². The van der Waals surface area contributed by atoms with Crippen molar-refractivity contribution in [1.82, 2.24) is 79.8 Å². The number of hydrogen-bond donors (Lipinski definition) is 24. The maximum Gasteiger partial charge on any atom is 0.326 e. The van der Waals surface area contributed by atoms with Crippen molar-refractivity contribution in [3.05, 3.63) is 99.2 Å². The summed E-state index contributed by atoms with van der Waals surface area (Å²) < 4.78 is 0. The van der Waals surface area contributed by atoms with E-state index >= 15 is 0 Å². The number of nitrogens with one attached hydrogen (secondary N) is 15. The lowest BCUT2D eigenvalue weighted by Gasteiger charge is -2.28. The fraction of sp³-hybridized carbons (Fsp3) is 0.579. The molecule has 0 saturated heterocycles. The van der Waals surface area contributed by atoms with Crippen LogP contribution in [0.2, 0.25) is 0 Å². The van der Waals surface area contributed by atoms with Crippen molar-refractivity contribution in [2.75, 3.05) is 52.4 Å². The average molecular weight is 1260 g/mol. The zero-order valence-electron chi connectivity index (χ0n) is 52.1. The Morgan fingerprint density at radius 1 is 0.270 bits per heavy atom. The molecular weight excluding hydrogens is 1150 g/mol. The second kappa shape index (κ2) is 45.7. The summed E-state index contributed by atoms with van der Waals surface area (Å²) >= 11 is 0. The van der Waals surface area contributed by atoms with Gasteiger partial charge >= 0.3 is 5.97 Å². The number of carboxylic acid groups (broad SMARTS) is 1. The molecule has 0 aromatic heterocycles. The molecule has 0 aromatic rings. The molecule has 0 saturated carbocycles. The minimum atomic E-state index is -1.40. The monoisotopic (exact) mass is 1260 g/mol. The highest BCUT2D eigenvalue weighted by molar-refractivity contribution is 5.97. The topological polar surface area (TPSA) is 545 Å². The first-order chi connectivity index (χ1) is 41.9. The molecule has 8 atom stereocenters. The highest BCUT2D eigenvalue weighted by atomic mass is 16.4. The van der Waals surface area contributed by atoms with Crippen molar-refractivity contribution >= 4 is 47.3 Å². The molecule has 0 aliphatic heterocycles.